The predicted molar refractivity (Wildman–Crippen MR) is 114 cm³/mol. The van der Waals surface area contributed by atoms with Crippen LogP contribution in [-0.2, 0) is 10.0 Å². The number of carbonyl (C=O) groups is 1. The number of anilines is 2. The van der Waals surface area contributed by atoms with Gasteiger partial charge in [-0.2, -0.15) is 0 Å². The van der Waals surface area contributed by atoms with E-state index in [1.54, 1.807) is 6.92 Å². The van der Waals surface area contributed by atoms with Crippen molar-refractivity contribution in [1.29, 1.82) is 0 Å². The van der Waals surface area contributed by atoms with Crippen molar-refractivity contribution in [1.82, 2.24) is 4.98 Å². The largest absolute Gasteiger partial charge is 0.573 e. The Morgan fingerprint density at radius 1 is 1.03 bits per heavy atom. The maximum absolute atomic E-state index is 12.9. The highest BCUT2D eigenvalue weighted by atomic mass is 32.2. The molecule has 3 aromatic rings. The van der Waals surface area contributed by atoms with Gasteiger partial charge in [0.25, 0.3) is 15.9 Å². The lowest BCUT2D eigenvalue weighted by molar-refractivity contribution is -0.274. The molecule has 0 bridgehead atoms. The average molecular weight is 481 g/mol. The second-order valence-corrected chi connectivity index (χ2v) is 8.12. The molecule has 1 heterocycles. The second-order valence-electron chi connectivity index (χ2n) is 6.47. The van der Waals surface area contributed by atoms with Crippen LogP contribution in [0.5, 0.6) is 11.5 Å². The van der Waals surface area contributed by atoms with Crippen LogP contribution in [-0.4, -0.2) is 32.3 Å². The van der Waals surface area contributed by atoms with Crippen molar-refractivity contribution in [2.45, 2.75) is 18.2 Å². The Balaban J connectivity index is 1.85. The van der Waals surface area contributed by atoms with Gasteiger partial charge in [-0.1, -0.05) is 6.07 Å². The molecule has 33 heavy (non-hydrogen) atoms. The monoisotopic (exact) mass is 481 g/mol. The first-order valence-corrected chi connectivity index (χ1v) is 10.9. The summed E-state index contributed by atoms with van der Waals surface area (Å²) >= 11 is 0. The lowest BCUT2D eigenvalue weighted by atomic mass is 10.2. The normalized spacial score (nSPS) is 11.5. The van der Waals surface area contributed by atoms with Crippen molar-refractivity contribution < 1.29 is 35.9 Å². The topological polar surface area (TPSA) is 107 Å². The first-order valence-electron chi connectivity index (χ1n) is 9.44. The number of carbonyl (C=O) groups excluding carboxylic acids is 1. The van der Waals surface area contributed by atoms with Gasteiger partial charge in [-0.05, 0) is 43.3 Å². The quantitative estimate of drug-likeness (QED) is 0.493. The molecule has 0 atom stereocenters. The minimum absolute atomic E-state index is 0.0553. The van der Waals surface area contributed by atoms with Crippen LogP contribution in [0.25, 0.3) is 0 Å². The van der Waals surface area contributed by atoms with E-state index in [2.05, 4.69) is 19.8 Å². The summed E-state index contributed by atoms with van der Waals surface area (Å²) in [4.78, 5) is 15.9. The van der Waals surface area contributed by atoms with Crippen LogP contribution in [0.3, 0.4) is 0 Å². The van der Waals surface area contributed by atoms with E-state index in [0.717, 1.165) is 12.1 Å². The molecule has 0 saturated carbocycles. The van der Waals surface area contributed by atoms with Gasteiger partial charge in [-0.25, -0.2) is 8.42 Å². The number of ether oxygens (including phenoxy) is 2. The van der Waals surface area contributed by atoms with Crippen molar-refractivity contribution in [3.8, 4) is 11.5 Å². The molecule has 0 aliphatic rings. The maximum atomic E-state index is 12.9. The predicted octanol–water partition coefficient (Wildman–Crippen LogP) is 4.43. The Hall–Kier alpha value is -3.80. The zero-order valence-corrected chi connectivity index (χ0v) is 17.9. The third kappa shape index (κ3) is 6.59. The second kappa shape index (κ2) is 9.77. The van der Waals surface area contributed by atoms with Crippen molar-refractivity contribution in [3.05, 3.63) is 72.6 Å². The van der Waals surface area contributed by atoms with E-state index in [9.17, 15) is 26.4 Å². The average Bonchev–Trinajstić information content (AvgIpc) is 2.73. The summed E-state index contributed by atoms with van der Waals surface area (Å²) in [6, 6.07) is 11.3. The fourth-order valence-corrected chi connectivity index (χ4v) is 3.93. The van der Waals surface area contributed by atoms with E-state index in [1.165, 1.54) is 54.9 Å². The SMILES string of the molecule is CCOc1cc(NC(=O)c2ccncc2)ccc1S(=O)(=O)Nc1cccc(OC(F)(F)F)c1. The molecule has 0 aliphatic heterocycles. The van der Waals surface area contributed by atoms with E-state index >= 15 is 0 Å². The van der Waals surface area contributed by atoms with Gasteiger partial charge < -0.3 is 14.8 Å². The van der Waals surface area contributed by atoms with Crippen LogP contribution in [0, 0.1) is 0 Å². The highest BCUT2D eigenvalue weighted by Gasteiger charge is 2.31. The molecular weight excluding hydrogens is 463 g/mol. The van der Waals surface area contributed by atoms with Gasteiger partial charge in [0.15, 0.2) is 0 Å². The third-order valence-electron chi connectivity index (χ3n) is 4.05. The summed E-state index contributed by atoms with van der Waals surface area (Å²) in [6.45, 7) is 1.77. The van der Waals surface area contributed by atoms with Crippen LogP contribution in [0.4, 0.5) is 24.5 Å². The maximum Gasteiger partial charge on any atom is 0.573 e. The molecule has 3 rings (SSSR count). The Morgan fingerprint density at radius 2 is 1.76 bits per heavy atom. The van der Waals surface area contributed by atoms with Crippen LogP contribution in [0.1, 0.15) is 17.3 Å². The summed E-state index contributed by atoms with van der Waals surface area (Å²) in [5.41, 5.74) is 0.483. The molecule has 1 aromatic heterocycles. The van der Waals surface area contributed by atoms with Crippen LogP contribution in [0.2, 0.25) is 0 Å². The molecule has 0 fully saturated rings. The lowest BCUT2D eigenvalue weighted by Crippen LogP contribution is -2.18. The molecule has 174 valence electrons. The number of nitrogens with zero attached hydrogens (tertiary/aromatic N) is 1. The molecular formula is C21H18F3N3O5S. The molecule has 12 heteroatoms. The Kier molecular flexibility index (Phi) is 7.07. The smallest absolute Gasteiger partial charge is 0.492 e. The summed E-state index contributed by atoms with van der Waals surface area (Å²) in [7, 11) is -4.26. The van der Waals surface area contributed by atoms with Gasteiger partial charge >= 0.3 is 6.36 Å². The summed E-state index contributed by atoms with van der Waals surface area (Å²) < 4.78 is 74.6. The number of nitrogens with one attached hydrogen (secondary N) is 2. The number of alkyl halides is 3. The van der Waals surface area contributed by atoms with Crippen LogP contribution >= 0.6 is 0 Å². The molecule has 8 nitrogen and oxygen atoms in total. The van der Waals surface area contributed by atoms with Gasteiger partial charge in [0, 0.05) is 35.8 Å². The molecule has 0 aliphatic carbocycles. The van der Waals surface area contributed by atoms with Crippen molar-refractivity contribution in [2.24, 2.45) is 0 Å². The molecule has 1 amide bonds. The summed E-state index contributed by atoms with van der Waals surface area (Å²) in [5.74, 6) is -1.07. The number of hydrogen-bond acceptors (Lipinski definition) is 6. The number of amides is 1. The van der Waals surface area contributed by atoms with Crippen LogP contribution in [0.15, 0.2) is 71.9 Å². The number of sulfonamides is 1. The van der Waals surface area contributed by atoms with Gasteiger partial charge in [-0.3, -0.25) is 14.5 Å². The van der Waals surface area contributed by atoms with Gasteiger partial charge in [0.1, 0.15) is 16.4 Å². The number of hydrogen-bond donors (Lipinski definition) is 2. The van der Waals surface area contributed by atoms with E-state index in [4.69, 9.17) is 4.74 Å². The zero-order chi connectivity index (χ0) is 24.1. The van der Waals surface area contributed by atoms with Gasteiger partial charge in [0.05, 0.1) is 12.3 Å². The first kappa shape index (κ1) is 23.9. The molecule has 2 aromatic carbocycles. The number of rotatable bonds is 8. The van der Waals surface area contributed by atoms with E-state index in [0.29, 0.717) is 5.56 Å². The molecule has 0 spiro atoms. The number of halogens is 3. The summed E-state index contributed by atoms with van der Waals surface area (Å²) in [5, 5.41) is 2.63. The fourth-order valence-electron chi connectivity index (χ4n) is 2.75. The third-order valence-corrected chi connectivity index (χ3v) is 5.47. The van der Waals surface area contributed by atoms with E-state index in [1.807, 2.05) is 0 Å². The van der Waals surface area contributed by atoms with Gasteiger partial charge in [0.2, 0.25) is 0 Å². The molecule has 0 radical (unpaired) electrons. The highest BCUT2D eigenvalue weighted by Crippen LogP contribution is 2.31. The minimum Gasteiger partial charge on any atom is -0.492 e. The highest BCUT2D eigenvalue weighted by molar-refractivity contribution is 7.92. The number of pyridine rings is 1. The minimum atomic E-state index is -4.92. The molecule has 0 unspecified atom stereocenters. The van der Waals surface area contributed by atoms with Gasteiger partial charge in [-0.15, -0.1) is 13.2 Å². The van der Waals surface area contributed by atoms with E-state index in [-0.39, 0.29) is 28.6 Å². The van der Waals surface area contributed by atoms with Crippen LogP contribution < -0.4 is 19.5 Å². The van der Waals surface area contributed by atoms with E-state index < -0.39 is 28.0 Å². The summed E-state index contributed by atoms with van der Waals surface area (Å²) in [6.07, 6.45) is -2.01. The standard InChI is InChI=1S/C21H18F3N3O5S/c1-2-31-18-13-15(26-20(28)14-8-10-25-11-9-14)6-7-19(18)33(29,30)27-16-4-3-5-17(12-16)32-21(22,23)24/h3-13,27H,2H2,1H3,(H,26,28). The number of aromatic nitrogens is 1. The molecule has 2 N–H and O–H groups in total. The number of benzene rings is 2. The lowest BCUT2D eigenvalue weighted by Gasteiger charge is -2.15. The van der Waals surface area contributed by atoms with Crippen molar-refractivity contribution in [3.63, 3.8) is 0 Å². The first-order chi connectivity index (χ1) is 15.6. The fraction of sp³-hybridized carbons (Fsp3) is 0.143. The van der Waals surface area contributed by atoms with Crippen molar-refractivity contribution in [2.75, 3.05) is 16.6 Å². The Morgan fingerprint density at radius 3 is 2.42 bits per heavy atom. The Bertz CT molecular complexity index is 1240. The Labute approximate surface area is 187 Å². The zero-order valence-electron chi connectivity index (χ0n) is 17.1. The van der Waals surface area contributed by atoms with Crippen molar-refractivity contribution >= 4 is 27.3 Å². The molecule has 0 saturated heterocycles.